The zero-order chi connectivity index (χ0) is 23.6. The maximum atomic E-state index is 13.3. The molecule has 168 valence electrons. The van der Waals surface area contributed by atoms with Gasteiger partial charge in [-0.1, -0.05) is 97.1 Å². The lowest BCUT2D eigenvalue weighted by Crippen LogP contribution is -2.36. The minimum absolute atomic E-state index is 0.164. The summed E-state index contributed by atoms with van der Waals surface area (Å²) in [6, 6.07) is 33.8. The molecular weight excluding hydrogens is 435 g/mol. The first-order chi connectivity index (χ1) is 16.5. The fourth-order valence-corrected chi connectivity index (χ4v) is 4.36. The average molecular weight is 455 g/mol. The van der Waals surface area contributed by atoms with E-state index in [1.807, 2.05) is 95.6 Å². The maximum absolute atomic E-state index is 13.3. The standard InChI is InChI=1S/C28H20F3N3/c29-28(30,31)26-18-10-17-24(33-26)25-19-34(20-32-25)27(21-11-4-1-5-12-21,22-13-6-2-7-14-22)23-15-8-3-9-16-23/h1-20H. The molecule has 0 N–H and O–H groups in total. The van der Waals surface area contributed by atoms with Crippen molar-refractivity contribution in [1.29, 1.82) is 0 Å². The largest absolute Gasteiger partial charge is 0.433 e. The molecule has 0 fully saturated rings. The second kappa shape index (κ2) is 8.63. The van der Waals surface area contributed by atoms with Crippen LogP contribution in [0.5, 0.6) is 0 Å². The van der Waals surface area contributed by atoms with E-state index in [0.717, 1.165) is 22.8 Å². The lowest BCUT2D eigenvalue weighted by Gasteiger charge is -2.37. The van der Waals surface area contributed by atoms with Gasteiger partial charge in [-0.15, -0.1) is 0 Å². The van der Waals surface area contributed by atoms with Crippen LogP contribution in [-0.2, 0) is 11.7 Å². The van der Waals surface area contributed by atoms with Gasteiger partial charge in [-0.2, -0.15) is 13.2 Å². The van der Waals surface area contributed by atoms with Gasteiger partial charge in [-0.05, 0) is 28.8 Å². The van der Waals surface area contributed by atoms with E-state index in [-0.39, 0.29) is 5.69 Å². The molecule has 0 radical (unpaired) electrons. The number of halogens is 3. The molecule has 3 aromatic carbocycles. The number of benzene rings is 3. The summed E-state index contributed by atoms with van der Waals surface area (Å²) in [5, 5.41) is 0. The van der Waals surface area contributed by atoms with Gasteiger partial charge in [0.2, 0.25) is 0 Å². The van der Waals surface area contributed by atoms with Crippen LogP contribution in [0.15, 0.2) is 122 Å². The highest BCUT2D eigenvalue weighted by Crippen LogP contribution is 2.41. The van der Waals surface area contributed by atoms with E-state index in [2.05, 4.69) is 9.97 Å². The van der Waals surface area contributed by atoms with E-state index < -0.39 is 17.4 Å². The van der Waals surface area contributed by atoms with Crippen LogP contribution in [0, 0.1) is 0 Å². The van der Waals surface area contributed by atoms with E-state index in [0.29, 0.717) is 5.69 Å². The highest BCUT2D eigenvalue weighted by molar-refractivity contribution is 5.56. The molecule has 2 heterocycles. The normalized spacial score (nSPS) is 12.0. The molecule has 0 unspecified atom stereocenters. The first-order valence-corrected chi connectivity index (χ1v) is 10.8. The van der Waals surface area contributed by atoms with Crippen molar-refractivity contribution in [2.45, 2.75) is 11.7 Å². The number of nitrogens with zero attached hydrogens (tertiary/aromatic N) is 3. The van der Waals surface area contributed by atoms with Crippen molar-refractivity contribution in [3.63, 3.8) is 0 Å². The predicted molar refractivity (Wildman–Crippen MR) is 125 cm³/mol. The molecule has 0 spiro atoms. The van der Waals surface area contributed by atoms with Crippen LogP contribution in [0.3, 0.4) is 0 Å². The van der Waals surface area contributed by atoms with Crippen LogP contribution in [0.1, 0.15) is 22.4 Å². The quantitative estimate of drug-likeness (QED) is 0.273. The summed E-state index contributed by atoms with van der Waals surface area (Å²) < 4.78 is 41.7. The number of aromatic nitrogens is 3. The van der Waals surface area contributed by atoms with Gasteiger partial charge in [-0.3, -0.25) is 0 Å². The molecule has 0 bridgehead atoms. The second-order valence-corrected chi connectivity index (χ2v) is 7.88. The minimum Gasteiger partial charge on any atom is -0.318 e. The Hall–Kier alpha value is -4.19. The molecule has 0 saturated carbocycles. The molecule has 3 nitrogen and oxygen atoms in total. The van der Waals surface area contributed by atoms with Gasteiger partial charge in [0, 0.05) is 6.20 Å². The fraction of sp³-hybridized carbons (Fsp3) is 0.0714. The Morgan fingerprint density at radius 3 is 1.53 bits per heavy atom. The molecule has 0 aliphatic heterocycles. The van der Waals surface area contributed by atoms with Gasteiger partial charge in [0.25, 0.3) is 0 Å². The van der Waals surface area contributed by atoms with Crippen LogP contribution in [0.2, 0.25) is 0 Å². The van der Waals surface area contributed by atoms with Crippen molar-refractivity contribution in [2.24, 2.45) is 0 Å². The number of hydrogen-bond acceptors (Lipinski definition) is 2. The number of alkyl halides is 3. The number of hydrogen-bond donors (Lipinski definition) is 0. The Morgan fingerprint density at radius 2 is 1.06 bits per heavy atom. The highest BCUT2D eigenvalue weighted by atomic mass is 19.4. The molecule has 0 amide bonds. The summed E-state index contributed by atoms with van der Waals surface area (Å²) in [6.07, 6.45) is -1.11. The van der Waals surface area contributed by atoms with Gasteiger partial charge in [0.1, 0.15) is 16.9 Å². The molecule has 6 heteroatoms. The Bertz CT molecular complexity index is 1280. The third kappa shape index (κ3) is 3.77. The van der Waals surface area contributed by atoms with Crippen molar-refractivity contribution in [2.75, 3.05) is 0 Å². The van der Waals surface area contributed by atoms with Crippen molar-refractivity contribution in [3.8, 4) is 11.4 Å². The van der Waals surface area contributed by atoms with Crippen molar-refractivity contribution < 1.29 is 13.2 Å². The summed E-state index contributed by atoms with van der Waals surface area (Å²) in [7, 11) is 0. The summed E-state index contributed by atoms with van der Waals surface area (Å²) in [5.41, 5.74) is 1.77. The monoisotopic (exact) mass is 455 g/mol. The summed E-state index contributed by atoms with van der Waals surface area (Å²) in [5.74, 6) is 0. The highest BCUT2D eigenvalue weighted by Gasteiger charge is 2.38. The van der Waals surface area contributed by atoms with E-state index in [9.17, 15) is 13.2 Å². The molecule has 0 saturated heterocycles. The first-order valence-electron chi connectivity index (χ1n) is 10.8. The smallest absolute Gasteiger partial charge is 0.318 e. The Balaban J connectivity index is 1.76. The first kappa shape index (κ1) is 21.6. The van der Waals surface area contributed by atoms with Crippen molar-refractivity contribution >= 4 is 0 Å². The van der Waals surface area contributed by atoms with Gasteiger partial charge >= 0.3 is 6.18 Å². The lowest BCUT2D eigenvalue weighted by molar-refractivity contribution is -0.141. The summed E-state index contributed by atoms with van der Waals surface area (Å²) in [6.45, 7) is 0. The zero-order valence-corrected chi connectivity index (χ0v) is 18.0. The van der Waals surface area contributed by atoms with Crippen LogP contribution < -0.4 is 0 Å². The fourth-order valence-electron chi connectivity index (χ4n) is 4.36. The molecule has 5 aromatic rings. The van der Waals surface area contributed by atoms with Crippen LogP contribution in [0.4, 0.5) is 13.2 Å². The molecular formula is C28H20F3N3. The molecule has 34 heavy (non-hydrogen) atoms. The zero-order valence-electron chi connectivity index (χ0n) is 18.0. The predicted octanol–water partition coefficient (Wildman–Crippen LogP) is 6.80. The number of rotatable bonds is 5. The molecule has 2 aromatic heterocycles. The Morgan fingerprint density at radius 1 is 0.559 bits per heavy atom. The SMILES string of the molecule is FC(F)(F)c1cccc(-c2cn(C(c3ccccc3)(c3ccccc3)c3ccccc3)cn2)n1. The third-order valence-corrected chi connectivity index (χ3v) is 5.85. The van der Waals surface area contributed by atoms with Gasteiger partial charge in [0.15, 0.2) is 0 Å². The second-order valence-electron chi connectivity index (χ2n) is 7.88. The van der Waals surface area contributed by atoms with E-state index in [1.165, 1.54) is 12.1 Å². The van der Waals surface area contributed by atoms with Crippen LogP contribution >= 0.6 is 0 Å². The van der Waals surface area contributed by atoms with Gasteiger partial charge < -0.3 is 4.57 Å². The Labute approximate surface area is 195 Å². The van der Waals surface area contributed by atoms with Crippen LogP contribution in [-0.4, -0.2) is 14.5 Å². The van der Waals surface area contributed by atoms with Crippen molar-refractivity contribution in [3.05, 3.63) is 144 Å². The van der Waals surface area contributed by atoms with E-state index in [1.54, 1.807) is 12.5 Å². The van der Waals surface area contributed by atoms with Crippen molar-refractivity contribution in [1.82, 2.24) is 14.5 Å². The average Bonchev–Trinajstić information content (AvgIpc) is 3.37. The minimum atomic E-state index is -4.53. The van der Waals surface area contributed by atoms with E-state index >= 15 is 0 Å². The summed E-state index contributed by atoms with van der Waals surface area (Å²) in [4.78, 5) is 8.31. The molecule has 0 aliphatic rings. The molecule has 5 rings (SSSR count). The number of imidazole rings is 1. The van der Waals surface area contributed by atoms with Gasteiger partial charge in [-0.25, -0.2) is 9.97 Å². The maximum Gasteiger partial charge on any atom is 0.433 e. The Kier molecular flexibility index (Phi) is 5.49. The third-order valence-electron chi connectivity index (χ3n) is 5.85. The lowest BCUT2D eigenvalue weighted by atomic mass is 9.77. The molecule has 0 atom stereocenters. The summed E-state index contributed by atoms with van der Waals surface area (Å²) >= 11 is 0. The topological polar surface area (TPSA) is 30.7 Å². The van der Waals surface area contributed by atoms with Crippen LogP contribution in [0.25, 0.3) is 11.4 Å². The van der Waals surface area contributed by atoms with Gasteiger partial charge in [0.05, 0.1) is 12.0 Å². The molecule has 0 aliphatic carbocycles. The van der Waals surface area contributed by atoms with E-state index in [4.69, 9.17) is 0 Å². The number of pyridine rings is 1.